The molecule has 0 aliphatic carbocycles. The van der Waals surface area contributed by atoms with Crippen LogP contribution in [0.2, 0.25) is 15.2 Å². The van der Waals surface area contributed by atoms with E-state index in [4.69, 9.17) is 40.6 Å². The summed E-state index contributed by atoms with van der Waals surface area (Å²) in [5.74, 6) is 6.68. The van der Waals surface area contributed by atoms with Gasteiger partial charge in [-0.15, -0.1) is 0 Å². The molecule has 134 valence electrons. The molecule has 4 aromatic rings. The van der Waals surface area contributed by atoms with E-state index >= 15 is 0 Å². The third-order valence-electron chi connectivity index (χ3n) is 4.17. The molecular formula is C17H15Cl3N6. The first-order chi connectivity index (χ1) is 12.5. The number of halogens is 3. The molecule has 0 unspecified atom stereocenters. The number of fused-ring (bicyclic) bond motifs is 2. The lowest BCUT2D eigenvalue weighted by Crippen LogP contribution is -2.33. The van der Waals surface area contributed by atoms with Gasteiger partial charge in [0.25, 0.3) is 0 Å². The Morgan fingerprint density at radius 2 is 1.96 bits per heavy atom. The Hall–Kier alpha value is -1.99. The van der Waals surface area contributed by atoms with E-state index in [0.29, 0.717) is 33.3 Å². The maximum atomic E-state index is 6.24. The largest absolute Gasteiger partial charge is 0.347 e. The van der Waals surface area contributed by atoms with Crippen LogP contribution in [0.4, 0.5) is 5.95 Å². The van der Waals surface area contributed by atoms with Gasteiger partial charge in [-0.2, -0.15) is 4.98 Å². The molecule has 0 amide bonds. The zero-order valence-corrected chi connectivity index (χ0v) is 15.9. The summed E-state index contributed by atoms with van der Waals surface area (Å²) >= 11 is 18.2. The minimum Gasteiger partial charge on any atom is -0.347 e. The number of rotatable bonds is 5. The lowest BCUT2D eigenvalue weighted by Gasteiger charge is -2.15. The lowest BCUT2D eigenvalue weighted by molar-refractivity contribution is 0.639. The predicted molar refractivity (Wildman–Crippen MR) is 107 cm³/mol. The molecule has 0 saturated heterocycles. The van der Waals surface area contributed by atoms with Crippen LogP contribution in [-0.4, -0.2) is 26.1 Å². The van der Waals surface area contributed by atoms with Crippen molar-refractivity contribution in [3.05, 3.63) is 51.7 Å². The van der Waals surface area contributed by atoms with Crippen LogP contribution >= 0.6 is 34.8 Å². The van der Waals surface area contributed by atoms with E-state index in [1.807, 2.05) is 24.4 Å². The van der Waals surface area contributed by atoms with E-state index in [1.165, 1.54) is 0 Å². The van der Waals surface area contributed by atoms with Gasteiger partial charge in [0.15, 0.2) is 5.65 Å². The summed E-state index contributed by atoms with van der Waals surface area (Å²) in [7, 11) is 0. The molecule has 0 aliphatic rings. The van der Waals surface area contributed by atoms with Crippen molar-refractivity contribution < 1.29 is 0 Å². The predicted octanol–water partition coefficient (Wildman–Crippen LogP) is 4.64. The first kappa shape index (κ1) is 17.4. The summed E-state index contributed by atoms with van der Waals surface area (Å²) in [6.45, 7) is 1.39. The Morgan fingerprint density at radius 1 is 1.12 bits per heavy atom. The number of hydrogen-bond donors (Lipinski definition) is 2. The number of aromatic amines is 1. The number of aryl methyl sites for hydroxylation is 1. The highest BCUT2D eigenvalue weighted by Gasteiger charge is 2.10. The summed E-state index contributed by atoms with van der Waals surface area (Å²) in [4.78, 5) is 11.7. The fraction of sp³-hybridized carbons (Fsp3) is 0.176. The number of nitrogens with one attached hydrogen (secondary N) is 1. The number of benzene rings is 1. The number of pyridine rings is 1. The second kappa shape index (κ2) is 6.96. The van der Waals surface area contributed by atoms with E-state index in [2.05, 4.69) is 19.5 Å². The Labute approximate surface area is 164 Å². The highest BCUT2D eigenvalue weighted by Crippen LogP contribution is 2.29. The molecule has 0 radical (unpaired) electrons. The monoisotopic (exact) mass is 408 g/mol. The van der Waals surface area contributed by atoms with E-state index < -0.39 is 0 Å². The topological polar surface area (TPSA) is 75.8 Å². The van der Waals surface area contributed by atoms with Crippen molar-refractivity contribution in [2.45, 2.75) is 13.0 Å². The van der Waals surface area contributed by atoms with E-state index in [9.17, 15) is 0 Å². The Balaban J connectivity index is 1.45. The van der Waals surface area contributed by atoms with Crippen LogP contribution in [0.1, 0.15) is 6.42 Å². The van der Waals surface area contributed by atoms with Gasteiger partial charge in [0.1, 0.15) is 5.15 Å². The molecule has 0 saturated carbocycles. The van der Waals surface area contributed by atoms with Crippen LogP contribution < -0.4 is 10.9 Å². The average Bonchev–Trinajstić information content (AvgIpc) is 3.19. The number of hydrazine groups is 1. The Morgan fingerprint density at radius 3 is 2.81 bits per heavy atom. The van der Waals surface area contributed by atoms with Gasteiger partial charge in [-0.25, -0.2) is 10.8 Å². The van der Waals surface area contributed by atoms with Gasteiger partial charge in [-0.3, -0.25) is 5.01 Å². The van der Waals surface area contributed by atoms with Crippen LogP contribution in [0.3, 0.4) is 0 Å². The molecule has 6 nitrogen and oxygen atoms in total. The molecule has 0 aliphatic heterocycles. The number of nitrogens with two attached hydrogens (primary N) is 1. The zero-order valence-electron chi connectivity index (χ0n) is 13.6. The van der Waals surface area contributed by atoms with Crippen molar-refractivity contribution in [2.75, 3.05) is 11.6 Å². The summed E-state index contributed by atoms with van der Waals surface area (Å²) in [5.41, 5.74) is 2.35. The number of aromatic nitrogens is 4. The third-order valence-corrected chi connectivity index (χ3v) is 4.91. The minimum atomic E-state index is 0.399. The SMILES string of the molecule is NN(CCCn1ccc2c(Cl)cc(Cl)cc21)c1nc2nc(Cl)ccc2[nH]1. The molecule has 26 heavy (non-hydrogen) atoms. The third kappa shape index (κ3) is 3.33. The smallest absolute Gasteiger partial charge is 0.219 e. The van der Waals surface area contributed by atoms with E-state index in [-0.39, 0.29) is 0 Å². The van der Waals surface area contributed by atoms with Gasteiger partial charge in [-0.1, -0.05) is 34.8 Å². The van der Waals surface area contributed by atoms with Crippen LogP contribution in [0.15, 0.2) is 36.5 Å². The van der Waals surface area contributed by atoms with Crippen molar-refractivity contribution in [3.8, 4) is 0 Å². The molecule has 3 heterocycles. The second-order valence-corrected chi connectivity index (χ2v) is 7.17. The van der Waals surface area contributed by atoms with Gasteiger partial charge in [0.05, 0.1) is 16.1 Å². The molecule has 0 bridgehead atoms. The van der Waals surface area contributed by atoms with Crippen molar-refractivity contribution in [2.24, 2.45) is 5.84 Å². The van der Waals surface area contributed by atoms with Crippen molar-refractivity contribution >= 4 is 62.8 Å². The van der Waals surface area contributed by atoms with Crippen LogP contribution in [0.5, 0.6) is 0 Å². The summed E-state index contributed by atoms with van der Waals surface area (Å²) in [5, 5.41) is 4.23. The van der Waals surface area contributed by atoms with Gasteiger partial charge < -0.3 is 9.55 Å². The van der Waals surface area contributed by atoms with Gasteiger partial charge in [0.2, 0.25) is 5.95 Å². The minimum absolute atomic E-state index is 0.399. The van der Waals surface area contributed by atoms with Gasteiger partial charge in [-0.05, 0) is 36.8 Å². The fourth-order valence-electron chi connectivity index (χ4n) is 2.92. The van der Waals surface area contributed by atoms with Crippen LogP contribution in [-0.2, 0) is 6.54 Å². The number of H-pyrrole nitrogens is 1. The van der Waals surface area contributed by atoms with Crippen molar-refractivity contribution in [1.82, 2.24) is 19.5 Å². The molecule has 3 N–H and O–H groups in total. The van der Waals surface area contributed by atoms with Crippen molar-refractivity contribution in [1.29, 1.82) is 0 Å². The highest BCUT2D eigenvalue weighted by molar-refractivity contribution is 6.38. The molecule has 3 aromatic heterocycles. The van der Waals surface area contributed by atoms with E-state index in [0.717, 1.165) is 29.4 Å². The molecule has 0 spiro atoms. The molecule has 1 aromatic carbocycles. The maximum Gasteiger partial charge on any atom is 0.219 e. The quantitative estimate of drug-likeness (QED) is 0.286. The number of anilines is 1. The second-order valence-electron chi connectivity index (χ2n) is 5.94. The Bertz CT molecular complexity index is 1090. The fourth-order valence-corrected chi connectivity index (χ4v) is 3.61. The summed E-state index contributed by atoms with van der Waals surface area (Å²) in [6.07, 6.45) is 2.82. The molecule has 0 atom stereocenters. The average molecular weight is 410 g/mol. The van der Waals surface area contributed by atoms with Crippen LogP contribution in [0.25, 0.3) is 22.1 Å². The summed E-state index contributed by atoms with van der Waals surface area (Å²) < 4.78 is 2.11. The van der Waals surface area contributed by atoms with E-state index in [1.54, 1.807) is 17.1 Å². The molecule has 4 rings (SSSR count). The zero-order chi connectivity index (χ0) is 18.3. The first-order valence-electron chi connectivity index (χ1n) is 7.99. The van der Waals surface area contributed by atoms with Gasteiger partial charge in [0, 0.05) is 29.7 Å². The van der Waals surface area contributed by atoms with Gasteiger partial charge >= 0.3 is 0 Å². The molecule has 9 heteroatoms. The number of hydrogen-bond acceptors (Lipinski definition) is 4. The standard InChI is InChI=1S/C17H15Cl3N6/c18-10-8-12(19)11-4-7-25(14(11)9-10)5-1-6-26(21)17-22-13-2-3-15(20)23-16(13)24-17/h2-4,7-9H,1,5-6,21H2,(H,22,23,24). The van der Waals surface area contributed by atoms with Crippen LogP contribution in [0, 0.1) is 0 Å². The molecular weight excluding hydrogens is 395 g/mol. The van der Waals surface area contributed by atoms with Crippen molar-refractivity contribution in [3.63, 3.8) is 0 Å². The maximum absolute atomic E-state index is 6.24. The highest BCUT2D eigenvalue weighted by atomic mass is 35.5. The number of imidazole rings is 1. The normalized spacial score (nSPS) is 11.5. The lowest BCUT2D eigenvalue weighted by atomic mass is 10.2. The first-order valence-corrected chi connectivity index (χ1v) is 9.13. The Kier molecular flexibility index (Phi) is 4.67. The summed E-state index contributed by atoms with van der Waals surface area (Å²) in [6, 6.07) is 9.19. The molecule has 0 fully saturated rings. The number of nitrogens with zero attached hydrogens (tertiary/aromatic N) is 4.